The van der Waals surface area contributed by atoms with Crippen LogP contribution in [0.15, 0.2) is 11.6 Å². The van der Waals surface area contributed by atoms with E-state index in [1.165, 1.54) is 38.5 Å². The number of fused-ring (bicyclic) bond motifs is 5. The molecule has 30 heavy (non-hydrogen) atoms. The summed E-state index contributed by atoms with van der Waals surface area (Å²) in [5.41, 5.74) is 2.23. The van der Waals surface area contributed by atoms with Crippen molar-refractivity contribution in [3.05, 3.63) is 11.6 Å². The van der Waals surface area contributed by atoms with Gasteiger partial charge in [-0.1, -0.05) is 53.2 Å². The zero-order chi connectivity index (χ0) is 21.8. The minimum Gasteiger partial charge on any atom is -0.389 e. The van der Waals surface area contributed by atoms with E-state index in [1.807, 2.05) is 0 Å². The van der Waals surface area contributed by atoms with Gasteiger partial charge in [-0.05, 0) is 97.7 Å². The van der Waals surface area contributed by atoms with Crippen molar-refractivity contribution in [2.75, 3.05) is 0 Å². The van der Waals surface area contributed by atoms with E-state index < -0.39 is 0 Å². The zero-order valence-corrected chi connectivity index (χ0v) is 20.4. The monoisotopic (exact) mass is 414 g/mol. The lowest BCUT2D eigenvalue weighted by molar-refractivity contribution is -0.128. The molecule has 0 heterocycles. The lowest BCUT2D eigenvalue weighted by atomic mass is 9.46. The van der Waals surface area contributed by atoms with Crippen LogP contribution in [0.5, 0.6) is 0 Å². The van der Waals surface area contributed by atoms with Gasteiger partial charge in [-0.15, -0.1) is 0 Å². The van der Waals surface area contributed by atoms with Crippen LogP contribution in [0.2, 0.25) is 0 Å². The summed E-state index contributed by atoms with van der Waals surface area (Å²) < 4.78 is 0. The molecule has 0 radical (unpaired) electrons. The number of aliphatic hydroxyl groups excluding tert-OH is 1. The van der Waals surface area contributed by atoms with Crippen molar-refractivity contribution in [1.82, 2.24) is 0 Å². The number of rotatable bonds is 5. The highest BCUT2D eigenvalue weighted by Gasteiger charge is 2.59. The van der Waals surface area contributed by atoms with Crippen molar-refractivity contribution in [1.29, 1.82) is 0 Å². The Hall–Kier alpha value is -0.630. The van der Waals surface area contributed by atoms with Crippen LogP contribution in [0.4, 0.5) is 0 Å². The predicted octanol–water partition coefficient (Wildman–Crippen LogP) is 6.81. The molecule has 0 saturated heterocycles. The van der Waals surface area contributed by atoms with Crippen LogP contribution >= 0.6 is 0 Å². The Morgan fingerprint density at radius 1 is 1.03 bits per heavy atom. The maximum absolute atomic E-state index is 13.2. The molecule has 4 aliphatic rings. The van der Waals surface area contributed by atoms with Gasteiger partial charge in [-0.25, -0.2) is 0 Å². The van der Waals surface area contributed by atoms with Gasteiger partial charge in [0.15, 0.2) is 0 Å². The van der Waals surface area contributed by atoms with Crippen molar-refractivity contribution in [3.63, 3.8) is 0 Å². The van der Waals surface area contributed by atoms with Gasteiger partial charge in [0.25, 0.3) is 0 Å². The quantitative estimate of drug-likeness (QED) is 0.501. The highest BCUT2D eigenvalue weighted by atomic mass is 16.3. The number of carbonyl (C=O) groups is 1. The van der Waals surface area contributed by atoms with E-state index in [0.717, 1.165) is 37.0 Å². The molecule has 170 valence electrons. The maximum atomic E-state index is 13.2. The van der Waals surface area contributed by atoms with Crippen LogP contribution in [0, 0.1) is 52.3 Å². The summed E-state index contributed by atoms with van der Waals surface area (Å²) in [5.74, 6) is 4.80. The second kappa shape index (κ2) is 8.05. The van der Waals surface area contributed by atoms with Crippen molar-refractivity contribution >= 4 is 5.78 Å². The summed E-state index contributed by atoms with van der Waals surface area (Å²) in [5, 5.41) is 10.2. The minimum absolute atomic E-state index is 0.213. The molecule has 9 atom stereocenters. The molecular weight excluding hydrogens is 368 g/mol. The molecule has 0 unspecified atom stereocenters. The second-order valence-electron chi connectivity index (χ2n) is 12.5. The normalized spacial score (nSPS) is 45.2. The molecule has 3 fully saturated rings. The first-order valence-corrected chi connectivity index (χ1v) is 13.0. The predicted molar refractivity (Wildman–Crippen MR) is 124 cm³/mol. The van der Waals surface area contributed by atoms with E-state index in [0.29, 0.717) is 34.4 Å². The fourth-order valence-corrected chi connectivity index (χ4v) is 8.54. The molecule has 0 spiro atoms. The average Bonchev–Trinajstić information content (AvgIpc) is 3.04. The Balaban J connectivity index is 1.52. The molecule has 0 aromatic rings. The van der Waals surface area contributed by atoms with Gasteiger partial charge < -0.3 is 5.11 Å². The second-order valence-corrected chi connectivity index (χ2v) is 12.5. The number of carbonyl (C=O) groups excluding carboxylic acids is 1. The van der Waals surface area contributed by atoms with E-state index >= 15 is 0 Å². The van der Waals surface area contributed by atoms with Crippen LogP contribution in [0.25, 0.3) is 0 Å². The molecule has 2 nitrogen and oxygen atoms in total. The van der Waals surface area contributed by atoms with Gasteiger partial charge in [-0.3, -0.25) is 4.79 Å². The molecule has 1 N–H and O–H groups in total. The van der Waals surface area contributed by atoms with Crippen LogP contribution in [0.3, 0.4) is 0 Å². The fraction of sp³-hybridized carbons (Fsp3) is 0.893. The molecule has 0 aliphatic heterocycles. The lowest BCUT2D eigenvalue weighted by Crippen LogP contribution is -2.51. The summed E-state index contributed by atoms with van der Waals surface area (Å²) in [4.78, 5) is 13.2. The number of hydrogen-bond donors (Lipinski definition) is 1. The Morgan fingerprint density at radius 2 is 1.77 bits per heavy atom. The van der Waals surface area contributed by atoms with Gasteiger partial charge in [0, 0.05) is 12.3 Å². The van der Waals surface area contributed by atoms with Crippen molar-refractivity contribution < 1.29 is 9.90 Å². The largest absolute Gasteiger partial charge is 0.389 e. The Morgan fingerprint density at radius 3 is 2.47 bits per heavy atom. The van der Waals surface area contributed by atoms with Crippen LogP contribution < -0.4 is 0 Å². The number of hydrogen-bond acceptors (Lipinski definition) is 2. The van der Waals surface area contributed by atoms with Crippen molar-refractivity contribution in [2.24, 2.45) is 52.3 Å². The highest BCUT2D eigenvalue weighted by molar-refractivity contribution is 5.81. The van der Waals surface area contributed by atoms with Gasteiger partial charge in [0.1, 0.15) is 5.78 Å². The van der Waals surface area contributed by atoms with E-state index in [2.05, 4.69) is 47.6 Å². The molecule has 2 heteroatoms. The van der Waals surface area contributed by atoms with E-state index in [4.69, 9.17) is 0 Å². The van der Waals surface area contributed by atoms with Crippen LogP contribution in [-0.2, 0) is 4.79 Å². The van der Waals surface area contributed by atoms with E-state index in [1.54, 1.807) is 5.57 Å². The molecule has 3 saturated carbocycles. The average molecular weight is 415 g/mol. The van der Waals surface area contributed by atoms with Crippen molar-refractivity contribution in [3.8, 4) is 0 Å². The van der Waals surface area contributed by atoms with Gasteiger partial charge >= 0.3 is 0 Å². The smallest absolute Gasteiger partial charge is 0.136 e. The Labute approximate surface area is 185 Å². The van der Waals surface area contributed by atoms with Gasteiger partial charge in [-0.2, -0.15) is 0 Å². The number of ketones is 1. The summed E-state index contributed by atoms with van der Waals surface area (Å²) in [6.07, 6.45) is 12.6. The standard InChI is InChI=1S/C28H46O2/c1-17(2)18(3)15-26(30)19(4)23-9-10-24-22-8-7-20-16-21(29)11-13-27(20,5)25(22)12-14-28(23,24)6/h16-19,21-25,29H,7-15H2,1-6H3/t18-,19+,21-,22+,23-,24+,25+,27+,28-/m1/s1. The Kier molecular flexibility index (Phi) is 6.06. The number of aliphatic hydroxyl groups is 1. The minimum atomic E-state index is -0.213. The summed E-state index contributed by atoms with van der Waals surface area (Å²) in [6.45, 7) is 14.1. The number of allylic oxidation sites excluding steroid dienone is 1. The van der Waals surface area contributed by atoms with Crippen molar-refractivity contribution in [2.45, 2.75) is 105 Å². The fourth-order valence-electron chi connectivity index (χ4n) is 8.54. The molecular formula is C28H46O2. The van der Waals surface area contributed by atoms with Crippen LogP contribution in [-0.4, -0.2) is 17.0 Å². The third-order valence-electron chi connectivity index (χ3n) is 10.9. The van der Waals surface area contributed by atoms with Gasteiger partial charge in [0.05, 0.1) is 6.10 Å². The number of Topliss-reactive ketones (excluding diaryl/α,β-unsaturated/α-hetero) is 1. The summed E-state index contributed by atoms with van der Waals surface area (Å²) >= 11 is 0. The topological polar surface area (TPSA) is 37.3 Å². The molecule has 0 aromatic heterocycles. The lowest BCUT2D eigenvalue weighted by Gasteiger charge is -2.59. The summed E-state index contributed by atoms with van der Waals surface area (Å²) in [6, 6.07) is 0. The van der Waals surface area contributed by atoms with Crippen LogP contribution in [0.1, 0.15) is 99.3 Å². The first-order chi connectivity index (χ1) is 14.1. The highest BCUT2D eigenvalue weighted by Crippen LogP contribution is 2.67. The summed E-state index contributed by atoms with van der Waals surface area (Å²) in [7, 11) is 0. The van der Waals surface area contributed by atoms with Gasteiger partial charge in [0.2, 0.25) is 0 Å². The molecule has 4 aliphatic carbocycles. The molecule has 0 amide bonds. The molecule has 0 aromatic carbocycles. The third-order valence-corrected chi connectivity index (χ3v) is 10.9. The SMILES string of the molecule is CC(C)[C@H](C)CC(=O)[C@@H](C)[C@H]1CC[C@H]2[C@@H]3CCC4=C[C@H](O)CC[C@]4(C)[C@H]3CC[C@]12C. The molecule has 4 rings (SSSR count). The first-order valence-electron chi connectivity index (χ1n) is 13.0. The van der Waals surface area contributed by atoms with E-state index in [-0.39, 0.29) is 12.0 Å². The van der Waals surface area contributed by atoms with E-state index in [9.17, 15) is 9.90 Å². The maximum Gasteiger partial charge on any atom is 0.136 e. The third kappa shape index (κ3) is 3.54. The molecule has 0 bridgehead atoms. The Bertz CT molecular complexity index is 693. The zero-order valence-electron chi connectivity index (χ0n) is 20.4. The first kappa shape index (κ1) is 22.6.